The third-order valence-electron chi connectivity index (χ3n) is 4.38. The molecule has 0 radical (unpaired) electrons. The summed E-state index contributed by atoms with van der Waals surface area (Å²) < 4.78 is 1.59. The largest absolute Gasteiger partial charge is 0.510 e. The second kappa shape index (κ2) is 9.99. The van der Waals surface area contributed by atoms with E-state index in [0.717, 1.165) is 15.9 Å². The van der Waals surface area contributed by atoms with Crippen LogP contribution >= 0.6 is 34.4 Å². The Morgan fingerprint density at radius 3 is 2.70 bits per heavy atom. The number of allylic oxidation sites excluding steroid dienone is 1. The van der Waals surface area contributed by atoms with Gasteiger partial charge in [-0.25, -0.2) is 4.98 Å². The second-order valence-electron chi connectivity index (χ2n) is 6.88. The quantitative estimate of drug-likeness (QED) is 0.167. The van der Waals surface area contributed by atoms with Crippen molar-refractivity contribution in [2.75, 3.05) is 10.6 Å². The van der Waals surface area contributed by atoms with E-state index in [2.05, 4.69) is 31.9 Å². The first kappa shape index (κ1) is 22.7. The van der Waals surface area contributed by atoms with Gasteiger partial charge in [-0.3, -0.25) is 4.79 Å². The number of aliphatic hydroxyl groups is 1. The molecule has 4 aromatic rings. The van der Waals surface area contributed by atoms with Crippen molar-refractivity contribution in [3.05, 3.63) is 59.3 Å². The van der Waals surface area contributed by atoms with Gasteiger partial charge in [-0.2, -0.15) is 5.26 Å². The van der Waals surface area contributed by atoms with Gasteiger partial charge in [-0.05, 0) is 37.3 Å². The van der Waals surface area contributed by atoms with Crippen LogP contribution in [-0.2, 0) is 4.79 Å². The summed E-state index contributed by atoms with van der Waals surface area (Å²) >= 11 is 4.00. The average molecular weight is 495 g/mol. The molecule has 1 amide bonds. The number of thioether (sulfide) groups is 1. The van der Waals surface area contributed by atoms with Gasteiger partial charge < -0.3 is 15.7 Å². The van der Waals surface area contributed by atoms with Crippen LogP contribution in [0.25, 0.3) is 15.8 Å². The van der Waals surface area contributed by atoms with Gasteiger partial charge in [0.2, 0.25) is 11.0 Å². The summed E-state index contributed by atoms with van der Waals surface area (Å²) in [5.74, 6) is -0.194. The highest BCUT2D eigenvalue weighted by Gasteiger charge is 2.21. The molecule has 0 aliphatic rings. The lowest BCUT2D eigenvalue weighted by atomic mass is 10.2. The van der Waals surface area contributed by atoms with Crippen molar-refractivity contribution >= 4 is 72.6 Å². The number of hydrogen-bond donors (Lipinski definition) is 3. The fourth-order valence-corrected chi connectivity index (χ4v) is 5.86. The molecular weight excluding hydrogens is 476 g/mol. The molecule has 0 aliphatic carbocycles. The minimum Gasteiger partial charge on any atom is -0.510 e. The van der Waals surface area contributed by atoms with Gasteiger partial charge in [0.1, 0.15) is 22.4 Å². The summed E-state index contributed by atoms with van der Waals surface area (Å²) in [6.07, 6.45) is 0. The van der Waals surface area contributed by atoms with Gasteiger partial charge in [0, 0.05) is 18.3 Å². The van der Waals surface area contributed by atoms with Gasteiger partial charge in [-0.15, -0.1) is 21.5 Å². The third kappa shape index (κ3) is 5.48. The van der Waals surface area contributed by atoms with Crippen LogP contribution < -0.4 is 10.6 Å². The zero-order chi connectivity index (χ0) is 23.4. The summed E-state index contributed by atoms with van der Waals surface area (Å²) in [6.45, 7) is 3.25. The molecule has 3 N–H and O–H groups in total. The Morgan fingerprint density at radius 1 is 1.15 bits per heavy atom. The Hall–Kier alpha value is -3.46. The Kier molecular flexibility index (Phi) is 6.88. The Labute approximate surface area is 202 Å². The number of carbonyl (C=O) groups is 1. The first-order valence-corrected chi connectivity index (χ1v) is 12.3. The van der Waals surface area contributed by atoms with Crippen LogP contribution in [0.3, 0.4) is 0 Å². The molecule has 0 spiro atoms. The summed E-state index contributed by atoms with van der Waals surface area (Å²) in [4.78, 5) is 15.7. The monoisotopic (exact) mass is 494 g/mol. The molecule has 1 atom stereocenters. The molecule has 11 heteroatoms. The van der Waals surface area contributed by atoms with Crippen molar-refractivity contribution in [3.8, 4) is 6.07 Å². The second-order valence-corrected chi connectivity index (χ2v) is 10.5. The summed E-state index contributed by atoms with van der Waals surface area (Å²) in [6, 6.07) is 17.0. The van der Waals surface area contributed by atoms with Crippen LogP contribution in [0.5, 0.6) is 0 Å². The lowest BCUT2D eigenvalue weighted by Gasteiger charge is -2.09. The first-order chi connectivity index (χ1) is 15.9. The number of anilines is 3. The molecule has 8 nitrogen and oxygen atoms in total. The van der Waals surface area contributed by atoms with E-state index in [-0.39, 0.29) is 17.2 Å². The van der Waals surface area contributed by atoms with Crippen LogP contribution in [0.4, 0.5) is 16.5 Å². The highest BCUT2D eigenvalue weighted by Crippen LogP contribution is 2.36. The molecule has 0 aliphatic heterocycles. The van der Waals surface area contributed by atoms with Crippen LogP contribution in [0, 0.1) is 11.3 Å². The number of hydrogen-bond acceptors (Lipinski definition) is 10. The van der Waals surface area contributed by atoms with Crippen molar-refractivity contribution in [3.63, 3.8) is 0 Å². The van der Waals surface area contributed by atoms with E-state index in [0.29, 0.717) is 20.2 Å². The van der Waals surface area contributed by atoms with Gasteiger partial charge in [-0.1, -0.05) is 41.3 Å². The Balaban J connectivity index is 1.48. The third-order valence-corrected chi connectivity index (χ3v) is 7.47. The van der Waals surface area contributed by atoms with Crippen molar-refractivity contribution < 1.29 is 9.90 Å². The van der Waals surface area contributed by atoms with Crippen molar-refractivity contribution in [1.29, 1.82) is 5.26 Å². The number of nitriles is 1. The van der Waals surface area contributed by atoms with E-state index in [9.17, 15) is 15.2 Å². The van der Waals surface area contributed by atoms with E-state index < -0.39 is 5.25 Å². The highest BCUT2D eigenvalue weighted by molar-refractivity contribution is 8.01. The normalized spacial score (nSPS) is 12.6. The maximum atomic E-state index is 11.2. The lowest BCUT2D eigenvalue weighted by molar-refractivity contribution is -0.114. The molecule has 2 aromatic heterocycles. The number of nitrogens with zero attached hydrogens (tertiary/aromatic N) is 4. The van der Waals surface area contributed by atoms with Crippen LogP contribution in [0.1, 0.15) is 18.9 Å². The van der Waals surface area contributed by atoms with E-state index in [1.54, 1.807) is 19.1 Å². The molecule has 4 rings (SSSR count). The molecular formula is C22H18N6O2S3. The molecule has 1 unspecified atom stereocenters. The molecule has 0 fully saturated rings. The minimum absolute atomic E-state index is 0.0470. The zero-order valence-corrected chi connectivity index (χ0v) is 20.0. The standard InChI is InChI=1S/C22H18N6O2S3/c1-12(19(30)16(11-23)20-26-17-8-3-4-9-18(17)32-20)31-22-28-27-21(33-22)25-15-7-5-6-14(10-15)24-13(2)29/h3-10,12,30H,1-2H3,(H,24,29)(H,25,27)/b19-16-. The zero-order valence-electron chi connectivity index (χ0n) is 17.6. The molecule has 2 aromatic carbocycles. The topological polar surface area (TPSA) is 124 Å². The van der Waals surface area contributed by atoms with Crippen molar-refractivity contribution in [2.45, 2.75) is 23.4 Å². The molecule has 0 saturated carbocycles. The van der Waals surface area contributed by atoms with Crippen molar-refractivity contribution in [1.82, 2.24) is 15.2 Å². The first-order valence-electron chi connectivity index (χ1n) is 9.77. The highest BCUT2D eigenvalue weighted by atomic mass is 32.2. The average Bonchev–Trinajstić information content (AvgIpc) is 3.40. The summed E-state index contributed by atoms with van der Waals surface area (Å²) in [7, 11) is 0. The lowest BCUT2D eigenvalue weighted by Crippen LogP contribution is -2.05. The number of para-hydroxylation sites is 1. The van der Waals surface area contributed by atoms with Crippen LogP contribution in [0.2, 0.25) is 0 Å². The maximum Gasteiger partial charge on any atom is 0.221 e. The van der Waals surface area contributed by atoms with Gasteiger partial charge in [0.15, 0.2) is 4.34 Å². The number of nitrogens with one attached hydrogen (secondary N) is 2. The predicted molar refractivity (Wildman–Crippen MR) is 134 cm³/mol. The van der Waals surface area contributed by atoms with Crippen molar-refractivity contribution in [2.24, 2.45) is 0 Å². The number of benzene rings is 2. The van der Waals surface area contributed by atoms with E-state index >= 15 is 0 Å². The number of aliphatic hydroxyl groups excluding tert-OH is 1. The number of rotatable bonds is 7. The Bertz CT molecular complexity index is 1360. The van der Waals surface area contributed by atoms with Gasteiger partial charge in [0.05, 0.1) is 15.5 Å². The van der Waals surface area contributed by atoms with E-state index in [1.807, 2.05) is 36.4 Å². The predicted octanol–water partition coefficient (Wildman–Crippen LogP) is 5.82. The number of thiazole rings is 1. The fourth-order valence-electron chi connectivity index (χ4n) is 2.91. The summed E-state index contributed by atoms with van der Waals surface area (Å²) in [5.41, 5.74) is 2.39. The van der Waals surface area contributed by atoms with E-state index in [1.165, 1.54) is 41.4 Å². The number of aromatic nitrogens is 3. The number of amides is 1. The smallest absolute Gasteiger partial charge is 0.221 e. The SMILES string of the molecule is CC(=O)Nc1cccc(Nc2nnc(SC(C)/C(O)=C(\C#N)c3nc4ccccc4s3)s2)c1. The molecule has 0 bridgehead atoms. The Morgan fingerprint density at radius 2 is 1.94 bits per heavy atom. The fraction of sp³-hybridized carbons (Fsp3) is 0.136. The maximum absolute atomic E-state index is 11.2. The van der Waals surface area contributed by atoms with Gasteiger partial charge in [0.25, 0.3) is 0 Å². The van der Waals surface area contributed by atoms with E-state index in [4.69, 9.17) is 0 Å². The molecule has 2 heterocycles. The molecule has 166 valence electrons. The molecule has 33 heavy (non-hydrogen) atoms. The van der Waals surface area contributed by atoms with Crippen LogP contribution in [0.15, 0.2) is 58.6 Å². The summed E-state index contributed by atoms with van der Waals surface area (Å²) in [5, 5.41) is 35.3. The van der Waals surface area contributed by atoms with Crippen LogP contribution in [-0.4, -0.2) is 31.4 Å². The van der Waals surface area contributed by atoms with Gasteiger partial charge >= 0.3 is 0 Å². The number of fused-ring (bicyclic) bond motifs is 1. The minimum atomic E-state index is -0.421. The molecule has 0 saturated heterocycles. The number of carbonyl (C=O) groups excluding carboxylic acids is 1.